The number of carbonyl (C=O) groups excluding carboxylic acids is 3. The van der Waals surface area contributed by atoms with E-state index in [1.165, 1.54) is 103 Å². The molecule has 0 aromatic heterocycles. The van der Waals surface area contributed by atoms with Gasteiger partial charge in [0.2, 0.25) is 0 Å². The van der Waals surface area contributed by atoms with E-state index in [1.807, 2.05) is 0 Å². The lowest BCUT2D eigenvalue weighted by atomic mass is 10.1. The summed E-state index contributed by atoms with van der Waals surface area (Å²) < 4.78 is 16.9. The van der Waals surface area contributed by atoms with Crippen LogP contribution in [-0.4, -0.2) is 37.2 Å². The van der Waals surface area contributed by atoms with E-state index in [0.717, 1.165) is 154 Å². The third kappa shape index (κ3) is 62.7. The normalized spacial score (nSPS) is 12.9. The van der Waals surface area contributed by atoms with E-state index < -0.39 is 6.10 Å². The number of carbonyl (C=O) groups is 3. The fourth-order valence-corrected chi connectivity index (χ4v) is 8.81. The first-order chi connectivity index (χ1) is 38.5. The van der Waals surface area contributed by atoms with Crippen molar-refractivity contribution >= 4 is 17.9 Å². The number of ether oxygens (including phenoxy) is 3. The van der Waals surface area contributed by atoms with Gasteiger partial charge in [-0.1, -0.05) is 271 Å². The van der Waals surface area contributed by atoms with Crippen LogP contribution in [0.25, 0.3) is 0 Å². The van der Waals surface area contributed by atoms with E-state index in [-0.39, 0.29) is 31.1 Å². The Morgan fingerprint density at radius 1 is 0.269 bits per heavy atom. The Hall–Kier alpha value is -4.19. The van der Waals surface area contributed by atoms with E-state index in [4.69, 9.17) is 14.2 Å². The highest BCUT2D eigenvalue weighted by atomic mass is 16.6. The fourth-order valence-electron chi connectivity index (χ4n) is 8.81. The van der Waals surface area contributed by atoms with Crippen LogP contribution in [0.5, 0.6) is 0 Å². The van der Waals surface area contributed by atoms with Gasteiger partial charge < -0.3 is 14.2 Å². The summed E-state index contributed by atoms with van der Waals surface area (Å²) in [5.41, 5.74) is 0. The lowest BCUT2D eigenvalue weighted by molar-refractivity contribution is -0.167. The Bertz CT molecular complexity index is 1620. The molecule has 1 atom stereocenters. The summed E-state index contributed by atoms with van der Waals surface area (Å²) in [7, 11) is 0. The molecule has 0 rings (SSSR count). The monoisotopic (exact) mass is 1080 g/mol. The van der Waals surface area contributed by atoms with Crippen molar-refractivity contribution in [1.29, 1.82) is 0 Å². The molecule has 0 aliphatic heterocycles. The van der Waals surface area contributed by atoms with E-state index in [9.17, 15) is 14.4 Å². The highest BCUT2D eigenvalue weighted by molar-refractivity contribution is 5.71. The summed E-state index contributed by atoms with van der Waals surface area (Å²) in [6.07, 6.45) is 90.6. The molecule has 0 spiro atoms. The molecule has 0 radical (unpaired) electrons. The van der Waals surface area contributed by atoms with Gasteiger partial charge >= 0.3 is 17.9 Å². The first-order valence-corrected chi connectivity index (χ1v) is 32.5. The predicted octanol–water partition coefficient (Wildman–Crippen LogP) is 22.4. The molecule has 444 valence electrons. The Labute approximate surface area is 482 Å². The zero-order valence-electron chi connectivity index (χ0n) is 50.9. The van der Waals surface area contributed by atoms with Crippen molar-refractivity contribution in [3.05, 3.63) is 122 Å². The van der Waals surface area contributed by atoms with Gasteiger partial charge in [0.05, 0.1) is 0 Å². The van der Waals surface area contributed by atoms with Crippen molar-refractivity contribution in [3.63, 3.8) is 0 Å². The molecular formula is C72H120O6. The van der Waals surface area contributed by atoms with E-state index >= 15 is 0 Å². The average Bonchev–Trinajstić information content (AvgIpc) is 3.44. The lowest BCUT2D eigenvalue weighted by Gasteiger charge is -2.18. The van der Waals surface area contributed by atoms with Crippen LogP contribution in [0.1, 0.15) is 297 Å². The summed E-state index contributed by atoms with van der Waals surface area (Å²) in [6.45, 7) is 6.45. The highest BCUT2D eigenvalue weighted by Crippen LogP contribution is 2.15. The molecule has 6 heteroatoms. The van der Waals surface area contributed by atoms with Gasteiger partial charge in [-0.3, -0.25) is 14.4 Å². The van der Waals surface area contributed by atoms with Gasteiger partial charge in [-0.05, 0) is 128 Å². The number of rotatable bonds is 58. The molecule has 1 unspecified atom stereocenters. The van der Waals surface area contributed by atoms with Gasteiger partial charge in [-0.15, -0.1) is 0 Å². The second kappa shape index (κ2) is 65.3. The van der Waals surface area contributed by atoms with Gasteiger partial charge in [0.25, 0.3) is 0 Å². The average molecular weight is 1080 g/mol. The fraction of sp³-hybridized carbons (Fsp3) is 0.681. The molecule has 0 fully saturated rings. The van der Waals surface area contributed by atoms with Gasteiger partial charge in [-0.25, -0.2) is 0 Å². The smallest absolute Gasteiger partial charge is 0.306 e. The molecule has 0 saturated carbocycles. The Morgan fingerprint density at radius 3 is 0.846 bits per heavy atom. The molecule has 0 heterocycles. The third-order valence-corrected chi connectivity index (χ3v) is 13.7. The van der Waals surface area contributed by atoms with Crippen LogP contribution < -0.4 is 0 Å². The van der Waals surface area contributed by atoms with Crippen LogP contribution >= 0.6 is 0 Å². The van der Waals surface area contributed by atoms with Crippen LogP contribution in [-0.2, 0) is 28.6 Å². The van der Waals surface area contributed by atoms with Crippen molar-refractivity contribution in [2.24, 2.45) is 0 Å². The van der Waals surface area contributed by atoms with Crippen LogP contribution in [0, 0.1) is 0 Å². The Kier molecular flexibility index (Phi) is 61.8. The highest BCUT2D eigenvalue weighted by Gasteiger charge is 2.19. The molecule has 0 aliphatic rings. The zero-order chi connectivity index (χ0) is 56.4. The topological polar surface area (TPSA) is 78.9 Å². The van der Waals surface area contributed by atoms with Crippen LogP contribution in [0.2, 0.25) is 0 Å². The summed E-state index contributed by atoms with van der Waals surface area (Å²) in [5, 5.41) is 0. The number of esters is 3. The van der Waals surface area contributed by atoms with Gasteiger partial charge in [0.15, 0.2) is 6.10 Å². The first-order valence-electron chi connectivity index (χ1n) is 32.5. The maximum absolute atomic E-state index is 12.9. The number of hydrogen-bond donors (Lipinski definition) is 0. The summed E-state index contributed by atoms with van der Waals surface area (Å²) in [5.74, 6) is -0.914. The summed E-state index contributed by atoms with van der Waals surface area (Å²) >= 11 is 0. The maximum Gasteiger partial charge on any atom is 0.306 e. The van der Waals surface area contributed by atoms with Gasteiger partial charge in [0, 0.05) is 19.3 Å². The van der Waals surface area contributed by atoms with Gasteiger partial charge in [0.1, 0.15) is 13.2 Å². The number of allylic oxidation sites excluding steroid dienone is 20. The molecule has 0 aromatic rings. The molecular weight excluding hydrogens is 961 g/mol. The molecule has 0 bridgehead atoms. The van der Waals surface area contributed by atoms with Crippen LogP contribution in [0.3, 0.4) is 0 Å². The molecule has 78 heavy (non-hydrogen) atoms. The largest absolute Gasteiger partial charge is 0.462 e. The van der Waals surface area contributed by atoms with Crippen molar-refractivity contribution in [2.75, 3.05) is 13.2 Å². The van der Waals surface area contributed by atoms with Gasteiger partial charge in [-0.2, -0.15) is 0 Å². The first kappa shape index (κ1) is 73.8. The third-order valence-electron chi connectivity index (χ3n) is 13.7. The Morgan fingerprint density at radius 2 is 0.526 bits per heavy atom. The summed E-state index contributed by atoms with van der Waals surface area (Å²) in [4.78, 5) is 38.3. The van der Waals surface area contributed by atoms with Crippen LogP contribution in [0.4, 0.5) is 0 Å². The van der Waals surface area contributed by atoms with Crippen LogP contribution in [0.15, 0.2) is 122 Å². The van der Waals surface area contributed by atoms with E-state index in [1.54, 1.807) is 0 Å². The maximum atomic E-state index is 12.9. The quantitative estimate of drug-likeness (QED) is 0.0261. The van der Waals surface area contributed by atoms with E-state index in [0.29, 0.717) is 19.3 Å². The second-order valence-electron chi connectivity index (χ2n) is 21.3. The molecule has 0 aliphatic carbocycles. The standard InChI is InChI=1S/C72H120O6/c1-4-7-10-13-16-19-22-25-27-29-30-31-32-33-34-35-36-37-38-39-40-41-42-43-45-47-50-53-56-59-62-65-71(74)77-68-69(67-76-70(73)64-61-58-55-52-49-46-24-21-18-15-12-9-6-3)78-72(75)66-63-60-57-54-51-48-44-28-26-23-20-17-14-11-8-5-2/h7,10,12,15-16,19,21,24-25,27-28,30-31,33-34,36-37,39-40,44,69H,4-6,8-9,11,13-14,17-18,20,22-23,26,29,32,35,38,41-43,45-68H2,1-3H3/b10-7-,15-12-,19-16-,24-21-,27-25-,31-30-,34-33-,37-36-,40-39-,44-28-. The minimum absolute atomic E-state index is 0.0902. The zero-order valence-corrected chi connectivity index (χ0v) is 50.9. The second-order valence-corrected chi connectivity index (χ2v) is 21.3. The minimum Gasteiger partial charge on any atom is -0.462 e. The van der Waals surface area contributed by atoms with Crippen molar-refractivity contribution in [1.82, 2.24) is 0 Å². The molecule has 0 amide bonds. The number of hydrogen-bond acceptors (Lipinski definition) is 6. The lowest BCUT2D eigenvalue weighted by Crippen LogP contribution is -2.30. The van der Waals surface area contributed by atoms with Crippen molar-refractivity contribution in [3.8, 4) is 0 Å². The predicted molar refractivity (Wildman–Crippen MR) is 339 cm³/mol. The van der Waals surface area contributed by atoms with Crippen molar-refractivity contribution < 1.29 is 28.6 Å². The minimum atomic E-state index is -0.794. The molecule has 0 saturated heterocycles. The Balaban J connectivity index is 4.29. The molecule has 0 aromatic carbocycles. The number of unbranched alkanes of at least 4 members (excludes halogenated alkanes) is 27. The molecule has 0 N–H and O–H groups in total. The van der Waals surface area contributed by atoms with Crippen molar-refractivity contribution in [2.45, 2.75) is 303 Å². The summed E-state index contributed by atoms with van der Waals surface area (Å²) in [6, 6.07) is 0. The molecule has 6 nitrogen and oxygen atoms in total. The van der Waals surface area contributed by atoms with E-state index in [2.05, 4.69) is 142 Å². The SMILES string of the molecule is CC/C=C\C/C=C\C/C=C\C/C=C\C/C=C\C/C=C\C/C=C\CCCCCCCCCCCC(=O)OCC(COC(=O)CCCCCCC/C=C\C/C=C\CCC)OC(=O)CCCCCCC/C=C\CCCCCCCCC.